The topological polar surface area (TPSA) is 75.6 Å². The molecule has 1 aliphatic heterocycles. The number of rotatable bonds is 1. The zero-order valence-electron chi connectivity index (χ0n) is 6.52. The molecule has 0 fully saturated rings. The summed E-state index contributed by atoms with van der Waals surface area (Å²) in [5, 5.41) is 2.88. The Kier molecular flexibility index (Phi) is 1.67. The second-order valence-electron chi connectivity index (χ2n) is 2.60. The van der Waals surface area contributed by atoms with Crippen LogP contribution < -0.4 is 10.1 Å². The van der Waals surface area contributed by atoms with Gasteiger partial charge in [-0.05, 0) is 12.1 Å². The van der Waals surface area contributed by atoms with Gasteiger partial charge in [-0.3, -0.25) is 4.55 Å². The highest BCUT2D eigenvalue weighted by molar-refractivity contribution is 7.85. The quantitative estimate of drug-likeness (QED) is 0.654. The minimum atomic E-state index is -4.13. The number of ether oxygens (including phenoxy) is 1. The van der Waals surface area contributed by atoms with Gasteiger partial charge in [0.2, 0.25) is 0 Å². The van der Waals surface area contributed by atoms with Crippen molar-refractivity contribution in [2.24, 2.45) is 0 Å². The van der Waals surface area contributed by atoms with Crippen molar-refractivity contribution in [3.05, 3.63) is 18.2 Å². The molecule has 5 nitrogen and oxygen atoms in total. The van der Waals surface area contributed by atoms with E-state index in [0.29, 0.717) is 12.5 Å². The maximum absolute atomic E-state index is 10.7. The molecule has 2 rings (SSSR count). The van der Waals surface area contributed by atoms with Crippen molar-refractivity contribution < 1.29 is 17.7 Å². The van der Waals surface area contributed by atoms with Crippen LogP contribution in [0.15, 0.2) is 23.1 Å². The summed E-state index contributed by atoms with van der Waals surface area (Å²) in [6.45, 7) is 0.324. The summed E-state index contributed by atoms with van der Waals surface area (Å²) in [5.74, 6) is 0.440. The first-order chi connectivity index (χ1) is 6.07. The van der Waals surface area contributed by atoms with E-state index >= 15 is 0 Å². The predicted octanol–water partition coefficient (Wildman–Crippen LogP) is 0.695. The van der Waals surface area contributed by atoms with Gasteiger partial charge in [0, 0.05) is 6.07 Å². The zero-order chi connectivity index (χ0) is 9.47. The van der Waals surface area contributed by atoms with Crippen molar-refractivity contribution in [2.75, 3.05) is 12.0 Å². The lowest BCUT2D eigenvalue weighted by Gasteiger charge is -1.99. The molecule has 0 bridgehead atoms. The number of fused-ring (bicyclic) bond motifs is 1. The van der Waals surface area contributed by atoms with Gasteiger partial charge >= 0.3 is 0 Å². The van der Waals surface area contributed by atoms with Crippen LogP contribution >= 0.6 is 0 Å². The van der Waals surface area contributed by atoms with Crippen LogP contribution in [-0.4, -0.2) is 19.7 Å². The van der Waals surface area contributed by atoms with Crippen molar-refractivity contribution in [2.45, 2.75) is 4.90 Å². The molecule has 0 unspecified atom stereocenters. The smallest absolute Gasteiger partial charge is 0.294 e. The van der Waals surface area contributed by atoms with E-state index in [1.807, 2.05) is 0 Å². The third-order valence-electron chi connectivity index (χ3n) is 1.74. The molecule has 1 aliphatic rings. The summed E-state index contributed by atoms with van der Waals surface area (Å²) in [7, 11) is -4.13. The molecule has 0 spiro atoms. The Labute approximate surface area is 75.1 Å². The van der Waals surface area contributed by atoms with Crippen molar-refractivity contribution in [1.29, 1.82) is 0 Å². The molecular weight excluding hydrogens is 194 g/mol. The highest BCUT2D eigenvalue weighted by atomic mass is 32.2. The summed E-state index contributed by atoms with van der Waals surface area (Å²) in [6.07, 6.45) is 0. The fraction of sp³-hybridized carbons (Fsp3) is 0.143. The summed E-state index contributed by atoms with van der Waals surface area (Å²) in [4.78, 5) is -0.157. The Morgan fingerprint density at radius 3 is 2.92 bits per heavy atom. The SMILES string of the molecule is O=S(=O)(O)c1ccc2c(c1)OCN2. The third kappa shape index (κ3) is 1.45. The molecule has 0 atom stereocenters. The fourth-order valence-corrected chi connectivity index (χ4v) is 1.62. The molecule has 1 heterocycles. The molecule has 70 valence electrons. The Balaban J connectivity index is 2.54. The lowest BCUT2D eigenvalue weighted by Crippen LogP contribution is -1.97. The van der Waals surface area contributed by atoms with Crippen LogP contribution in [0.4, 0.5) is 5.69 Å². The monoisotopic (exact) mass is 201 g/mol. The van der Waals surface area contributed by atoms with E-state index in [0.717, 1.165) is 5.69 Å². The minimum absolute atomic E-state index is 0.157. The van der Waals surface area contributed by atoms with E-state index in [-0.39, 0.29) is 4.90 Å². The van der Waals surface area contributed by atoms with E-state index in [2.05, 4.69) is 5.32 Å². The van der Waals surface area contributed by atoms with Gasteiger partial charge < -0.3 is 10.1 Å². The zero-order valence-corrected chi connectivity index (χ0v) is 7.34. The molecule has 1 aromatic rings. The normalized spacial score (nSPS) is 14.5. The van der Waals surface area contributed by atoms with Crippen molar-refractivity contribution >= 4 is 15.8 Å². The van der Waals surface area contributed by atoms with Crippen LogP contribution in [0.25, 0.3) is 0 Å². The summed E-state index contributed by atoms with van der Waals surface area (Å²) in [5.41, 5.74) is 0.729. The molecule has 0 saturated carbocycles. The standard InChI is InChI=1S/C7H7NO4S/c9-13(10,11)5-1-2-6-7(3-5)12-4-8-6/h1-3,8H,4H2,(H,9,10,11). The number of anilines is 1. The van der Waals surface area contributed by atoms with E-state index in [1.54, 1.807) is 6.07 Å². The van der Waals surface area contributed by atoms with Gasteiger partial charge in [-0.15, -0.1) is 0 Å². The number of benzene rings is 1. The molecule has 2 N–H and O–H groups in total. The molecule has 0 aromatic heterocycles. The average molecular weight is 201 g/mol. The number of hydrogen-bond donors (Lipinski definition) is 2. The molecule has 0 amide bonds. The predicted molar refractivity (Wildman–Crippen MR) is 45.4 cm³/mol. The third-order valence-corrected chi connectivity index (χ3v) is 2.59. The van der Waals surface area contributed by atoms with Crippen LogP contribution in [0.5, 0.6) is 5.75 Å². The van der Waals surface area contributed by atoms with Crippen molar-refractivity contribution in [1.82, 2.24) is 0 Å². The maximum Gasteiger partial charge on any atom is 0.294 e. The first-order valence-electron chi connectivity index (χ1n) is 3.55. The van der Waals surface area contributed by atoms with Crippen molar-refractivity contribution in [3.8, 4) is 5.75 Å². The van der Waals surface area contributed by atoms with Gasteiger partial charge in [-0.1, -0.05) is 0 Å². The fourth-order valence-electron chi connectivity index (χ4n) is 1.12. The van der Waals surface area contributed by atoms with E-state index < -0.39 is 10.1 Å². The first-order valence-corrected chi connectivity index (χ1v) is 4.99. The van der Waals surface area contributed by atoms with Crippen LogP contribution in [0, 0.1) is 0 Å². The Morgan fingerprint density at radius 2 is 2.23 bits per heavy atom. The van der Waals surface area contributed by atoms with Gasteiger partial charge in [0.05, 0.1) is 10.6 Å². The molecular formula is C7H7NO4S. The van der Waals surface area contributed by atoms with Crippen LogP contribution in [-0.2, 0) is 10.1 Å². The Hall–Kier alpha value is -1.27. The highest BCUT2D eigenvalue weighted by Crippen LogP contribution is 2.30. The first kappa shape index (κ1) is 8.33. The molecule has 0 radical (unpaired) electrons. The van der Waals surface area contributed by atoms with E-state index in [9.17, 15) is 8.42 Å². The van der Waals surface area contributed by atoms with Gasteiger partial charge in [0.15, 0.2) is 6.73 Å². The lowest BCUT2D eigenvalue weighted by atomic mass is 10.3. The molecule has 0 saturated heterocycles. The molecule has 13 heavy (non-hydrogen) atoms. The number of nitrogens with one attached hydrogen (secondary N) is 1. The minimum Gasteiger partial charge on any atom is -0.471 e. The summed E-state index contributed by atoms with van der Waals surface area (Å²) >= 11 is 0. The Bertz CT molecular complexity index is 440. The molecule has 1 aromatic carbocycles. The number of hydrogen-bond acceptors (Lipinski definition) is 4. The lowest BCUT2D eigenvalue weighted by molar-refractivity contribution is 0.371. The van der Waals surface area contributed by atoms with Crippen molar-refractivity contribution in [3.63, 3.8) is 0 Å². The average Bonchev–Trinajstić information content (AvgIpc) is 2.47. The van der Waals surface area contributed by atoms with Gasteiger partial charge in [-0.25, -0.2) is 0 Å². The highest BCUT2D eigenvalue weighted by Gasteiger charge is 2.16. The Morgan fingerprint density at radius 1 is 1.46 bits per heavy atom. The van der Waals surface area contributed by atoms with E-state index in [4.69, 9.17) is 9.29 Å². The van der Waals surface area contributed by atoms with Crippen LogP contribution in [0.2, 0.25) is 0 Å². The summed E-state index contributed by atoms with van der Waals surface area (Å²) in [6, 6.07) is 4.14. The maximum atomic E-state index is 10.7. The van der Waals surface area contributed by atoms with Gasteiger partial charge in [0.1, 0.15) is 5.75 Å². The van der Waals surface area contributed by atoms with E-state index in [1.165, 1.54) is 12.1 Å². The largest absolute Gasteiger partial charge is 0.471 e. The molecule has 0 aliphatic carbocycles. The second kappa shape index (κ2) is 2.61. The van der Waals surface area contributed by atoms with Crippen LogP contribution in [0.3, 0.4) is 0 Å². The second-order valence-corrected chi connectivity index (χ2v) is 4.02. The van der Waals surface area contributed by atoms with Gasteiger partial charge in [0.25, 0.3) is 10.1 Å². The molecule has 6 heteroatoms. The van der Waals surface area contributed by atoms with Crippen LogP contribution in [0.1, 0.15) is 0 Å². The van der Waals surface area contributed by atoms with Gasteiger partial charge in [-0.2, -0.15) is 8.42 Å². The summed E-state index contributed by atoms with van der Waals surface area (Å²) < 4.78 is 35.2.